The molecular formula is C14H22N2O. The van der Waals surface area contributed by atoms with E-state index in [1.165, 1.54) is 5.56 Å². The van der Waals surface area contributed by atoms with Crippen molar-refractivity contribution in [3.8, 4) is 0 Å². The molecule has 0 aliphatic carbocycles. The number of piperidine rings is 1. The summed E-state index contributed by atoms with van der Waals surface area (Å²) in [5.41, 5.74) is 1.35. The Morgan fingerprint density at radius 3 is 2.76 bits per heavy atom. The van der Waals surface area contributed by atoms with Gasteiger partial charge >= 0.3 is 0 Å². The Bertz CT molecular complexity index is 328. The van der Waals surface area contributed by atoms with E-state index in [4.69, 9.17) is 0 Å². The molecule has 0 unspecified atom stereocenters. The molecule has 2 rings (SSSR count). The van der Waals surface area contributed by atoms with Crippen molar-refractivity contribution in [3.63, 3.8) is 0 Å². The van der Waals surface area contributed by atoms with Crippen LogP contribution in [-0.4, -0.2) is 42.8 Å². The summed E-state index contributed by atoms with van der Waals surface area (Å²) in [5.74, 6) is 0.359. The quantitative estimate of drug-likeness (QED) is 0.818. The Kier molecular flexibility index (Phi) is 4.54. The maximum absolute atomic E-state index is 9.41. The maximum atomic E-state index is 9.41. The van der Waals surface area contributed by atoms with Crippen LogP contribution in [0.5, 0.6) is 0 Å². The second-order valence-corrected chi connectivity index (χ2v) is 4.85. The Labute approximate surface area is 103 Å². The number of hydrogen-bond acceptors (Lipinski definition) is 3. The van der Waals surface area contributed by atoms with Gasteiger partial charge in [0, 0.05) is 31.7 Å². The summed E-state index contributed by atoms with van der Waals surface area (Å²) in [6, 6.07) is 11.0. The molecule has 1 aromatic rings. The lowest BCUT2D eigenvalue weighted by Gasteiger charge is -2.37. The zero-order chi connectivity index (χ0) is 12.1. The van der Waals surface area contributed by atoms with Crippen molar-refractivity contribution in [2.45, 2.75) is 19.0 Å². The monoisotopic (exact) mass is 234 g/mol. The summed E-state index contributed by atoms with van der Waals surface area (Å²) in [7, 11) is 1.99. The van der Waals surface area contributed by atoms with Crippen molar-refractivity contribution in [3.05, 3.63) is 35.9 Å². The van der Waals surface area contributed by atoms with Gasteiger partial charge in [-0.1, -0.05) is 30.3 Å². The standard InChI is InChI=1S/C14H22N2O/c1-15-14-7-8-16(10-13(14)11-17)9-12-5-3-2-4-6-12/h2-6,13-15,17H,7-11H2,1H3/t13-,14-/m0/s1. The van der Waals surface area contributed by atoms with Crippen molar-refractivity contribution < 1.29 is 5.11 Å². The minimum atomic E-state index is 0.275. The largest absolute Gasteiger partial charge is 0.396 e. The van der Waals surface area contributed by atoms with E-state index in [1.807, 2.05) is 13.1 Å². The first-order valence-corrected chi connectivity index (χ1v) is 6.38. The number of hydrogen-bond donors (Lipinski definition) is 2. The number of nitrogens with zero attached hydrogens (tertiary/aromatic N) is 1. The van der Waals surface area contributed by atoms with E-state index in [1.54, 1.807) is 0 Å². The van der Waals surface area contributed by atoms with E-state index in [0.717, 1.165) is 26.1 Å². The van der Waals surface area contributed by atoms with E-state index in [-0.39, 0.29) is 6.61 Å². The molecule has 0 saturated carbocycles. The zero-order valence-corrected chi connectivity index (χ0v) is 10.5. The Balaban J connectivity index is 1.91. The fourth-order valence-electron chi connectivity index (χ4n) is 2.66. The van der Waals surface area contributed by atoms with Crippen molar-refractivity contribution in [2.24, 2.45) is 5.92 Å². The average Bonchev–Trinajstić information content (AvgIpc) is 2.40. The lowest BCUT2D eigenvalue weighted by atomic mass is 9.92. The molecule has 2 atom stereocenters. The number of benzene rings is 1. The van der Waals surface area contributed by atoms with Gasteiger partial charge in [0.15, 0.2) is 0 Å². The van der Waals surface area contributed by atoms with Crippen LogP contribution in [0.4, 0.5) is 0 Å². The summed E-state index contributed by atoms with van der Waals surface area (Å²) in [5, 5.41) is 12.7. The number of likely N-dealkylation sites (tertiary alicyclic amines) is 1. The lowest BCUT2D eigenvalue weighted by molar-refractivity contribution is 0.0885. The molecule has 1 aliphatic heterocycles. The molecule has 1 saturated heterocycles. The van der Waals surface area contributed by atoms with E-state index in [0.29, 0.717) is 12.0 Å². The molecule has 1 aliphatic rings. The van der Waals surface area contributed by atoms with E-state index < -0.39 is 0 Å². The molecule has 17 heavy (non-hydrogen) atoms. The smallest absolute Gasteiger partial charge is 0.0486 e. The van der Waals surface area contributed by atoms with Gasteiger partial charge in [0.25, 0.3) is 0 Å². The van der Waals surface area contributed by atoms with Crippen LogP contribution in [0.1, 0.15) is 12.0 Å². The molecule has 1 heterocycles. The van der Waals surface area contributed by atoms with Crippen LogP contribution >= 0.6 is 0 Å². The molecule has 94 valence electrons. The predicted octanol–water partition coefficient (Wildman–Crippen LogP) is 1.09. The minimum absolute atomic E-state index is 0.275. The molecule has 0 spiro atoms. The van der Waals surface area contributed by atoms with Crippen molar-refractivity contribution in [2.75, 3.05) is 26.7 Å². The molecule has 3 heteroatoms. The van der Waals surface area contributed by atoms with Crippen molar-refractivity contribution >= 4 is 0 Å². The second-order valence-electron chi connectivity index (χ2n) is 4.85. The molecule has 0 aromatic heterocycles. The first-order valence-electron chi connectivity index (χ1n) is 6.38. The minimum Gasteiger partial charge on any atom is -0.396 e. The van der Waals surface area contributed by atoms with E-state index in [9.17, 15) is 5.11 Å². The van der Waals surface area contributed by atoms with Gasteiger partial charge in [-0.15, -0.1) is 0 Å². The third-order valence-corrected chi connectivity index (χ3v) is 3.67. The topological polar surface area (TPSA) is 35.5 Å². The second kappa shape index (κ2) is 6.15. The van der Waals surface area contributed by atoms with Gasteiger partial charge in [-0.2, -0.15) is 0 Å². The molecule has 1 aromatic carbocycles. The Morgan fingerprint density at radius 2 is 2.12 bits per heavy atom. The third kappa shape index (κ3) is 3.28. The van der Waals surface area contributed by atoms with Crippen LogP contribution < -0.4 is 5.32 Å². The number of aliphatic hydroxyl groups is 1. The fraction of sp³-hybridized carbons (Fsp3) is 0.571. The van der Waals surface area contributed by atoms with Crippen LogP contribution in [0.3, 0.4) is 0 Å². The molecule has 0 bridgehead atoms. The highest BCUT2D eigenvalue weighted by Gasteiger charge is 2.27. The highest BCUT2D eigenvalue weighted by Crippen LogP contribution is 2.18. The van der Waals surface area contributed by atoms with E-state index >= 15 is 0 Å². The van der Waals surface area contributed by atoms with Gasteiger partial charge in [0.2, 0.25) is 0 Å². The van der Waals surface area contributed by atoms with Crippen LogP contribution in [-0.2, 0) is 6.54 Å². The van der Waals surface area contributed by atoms with E-state index in [2.05, 4.69) is 34.5 Å². The van der Waals surface area contributed by atoms with Crippen LogP contribution in [0.15, 0.2) is 30.3 Å². The van der Waals surface area contributed by atoms with Gasteiger partial charge in [-0.05, 0) is 25.6 Å². The highest BCUT2D eigenvalue weighted by molar-refractivity contribution is 5.14. The number of nitrogens with one attached hydrogen (secondary N) is 1. The summed E-state index contributed by atoms with van der Waals surface area (Å²) >= 11 is 0. The summed E-state index contributed by atoms with van der Waals surface area (Å²) in [4.78, 5) is 2.43. The summed E-state index contributed by atoms with van der Waals surface area (Å²) < 4.78 is 0. The summed E-state index contributed by atoms with van der Waals surface area (Å²) in [6.07, 6.45) is 1.12. The van der Waals surface area contributed by atoms with Crippen LogP contribution in [0.2, 0.25) is 0 Å². The first-order chi connectivity index (χ1) is 8.33. The third-order valence-electron chi connectivity index (χ3n) is 3.67. The zero-order valence-electron chi connectivity index (χ0n) is 10.5. The summed E-state index contributed by atoms with van der Waals surface area (Å²) in [6.45, 7) is 3.36. The fourth-order valence-corrected chi connectivity index (χ4v) is 2.66. The first kappa shape index (κ1) is 12.6. The van der Waals surface area contributed by atoms with Crippen LogP contribution in [0, 0.1) is 5.92 Å². The molecule has 0 amide bonds. The van der Waals surface area contributed by atoms with Crippen LogP contribution in [0.25, 0.3) is 0 Å². The molecular weight excluding hydrogens is 212 g/mol. The maximum Gasteiger partial charge on any atom is 0.0486 e. The van der Waals surface area contributed by atoms with Gasteiger partial charge in [-0.25, -0.2) is 0 Å². The molecule has 3 nitrogen and oxygen atoms in total. The Hall–Kier alpha value is -0.900. The SMILES string of the molecule is CN[C@H]1CCN(Cc2ccccc2)C[C@H]1CO. The molecule has 0 radical (unpaired) electrons. The van der Waals surface area contributed by atoms with Gasteiger partial charge < -0.3 is 10.4 Å². The highest BCUT2D eigenvalue weighted by atomic mass is 16.3. The van der Waals surface area contributed by atoms with Crippen molar-refractivity contribution in [1.29, 1.82) is 0 Å². The Morgan fingerprint density at radius 1 is 1.35 bits per heavy atom. The van der Waals surface area contributed by atoms with Gasteiger partial charge in [0.1, 0.15) is 0 Å². The normalized spacial score (nSPS) is 26.0. The predicted molar refractivity (Wildman–Crippen MR) is 69.8 cm³/mol. The average molecular weight is 234 g/mol. The molecule has 2 N–H and O–H groups in total. The van der Waals surface area contributed by atoms with Crippen molar-refractivity contribution in [1.82, 2.24) is 10.2 Å². The lowest BCUT2D eigenvalue weighted by Crippen LogP contribution is -2.49. The number of rotatable bonds is 4. The molecule has 1 fully saturated rings. The number of aliphatic hydroxyl groups excluding tert-OH is 1. The van der Waals surface area contributed by atoms with Gasteiger partial charge in [0.05, 0.1) is 0 Å². The van der Waals surface area contributed by atoms with Gasteiger partial charge in [-0.3, -0.25) is 4.90 Å².